The molecule has 6 heteroatoms. The number of fused-ring (bicyclic) bond motifs is 1. The Morgan fingerprint density at radius 3 is 2.53 bits per heavy atom. The van der Waals surface area contributed by atoms with Crippen molar-refractivity contribution in [2.75, 3.05) is 5.32 Å². The van der Waals surface area contributed by atoms with Crippen molar-refractivity contribution in [1.29, 1.82) is 5.26 Å². The van der Waals surface area contributed by atoms with E-state index in [4.69, 9.17) is 16.3 Å². The molecule has 4 rings (SSSR count). The van der Waals surface area contributed by atoms with Gasteiger partial charge >= 0.3 is 0 Å². The molecule has 4 nitrogen and oxygen atoms in total. The number of aryl methyl sites for hydroxylation is 1. The summed E-state index contributed by atoms with van der Waals surface area (Å²) in [6.07, 6.45) is 1.50. The second-order valence-corrected chi connectivity index (χ2v) is 8.98. The molecule has 0 saturated heterocycles. The Kier molecular flexibility index (Phi) is 7.32. The maximum absolute atomic E-state index is 12.6. The summed E-state index contributed by atoms with van der Waals surface area (Å²) in [7, 11) is 0. The lowest BCUT2D eigenvalue weighted by Gasteiger charge is -2.12. The number of amides is 1. The van der Waals surface area contributed by atoms with Gasteiger partial charge in [0.1, 0.15) is 18.2 Å². The molecule has 0 heterocycles. The zero-order valence-electron chi connectivity index (χ0n) is 18.3. The van der Waals surface area contributed by atoms with Crippen molar-refractivity contribution in [2.24, 2.45) is 0 Å². The van der Waals surface area contributed by atoms with E-state index in [9.17, 15) is 10.1 Å². The van der Waals surface area contributed by atoms with Crippen molar-refractivity contribution in [3.05, 3.63) is 111 Å². The molecule has 0 aliphatic carbocycles. The van der Waals surface area contributed by atoms with Gasteiger partial charge in [0.15, 0.2) is 5.75 Å². The quantitative estimate of drug-likeness (QED) is 0.205. The Balaban J connectivity index is 1.51. The van der Waals surface area contributed by atoms with Crippen LogP contribution in [0.2, 0.25) is 5.02 Å². The van der Waals surface area contributed by atoms with Crippen molar-refractivity contribution < 1.29 is 9.53 Å². The summed E-state index contributed by atoms with van der Waals surface area (Å²) in [5, 5.41) is 15.0. The Bertz CT molecular complexity index is 1430. The molecule has 0 radical (unpaired) electrons. The number of ether oxygens (including phenoxy) is 1. The predicted molar refractivity (Wildman–Crippen MR) is 141 cm³/mol. The summed E-state index contributed by atoms with van der Waals surface area (Å²) < 4.78 is 6.61. The molecule has 0 unspecified atom stereocenters. The third-order valence-electron chi connectivity index (χ3n) is 5.29. The smallest absolute Gasteiger partial charge is 0.266 e. The van der Waals surface area contributed by atoms with Crippen LogP contribution in [0.5, 0.6) is 5.75 Å². The van der Waals surface area contributed by atoms with Crippen LogP contribution in [0.3, 0.4) is 0 Å². The summed E-state index contributed by atoms with van der Waals surface area (Å²) in [6, 6.07) is 27.1. The van der Waals surface area contributed by atoms with Crippen molar-refractivity contribution in [3.63, 3.8) is 0 Å². The van der Waals surface area contributed by atoms with Gasteiger partial charge in [-0.3, -0.25) is 4.79 Å². The standard InChI is InChI=1S/C28H20BrClN2O2/c1-18-6-2-5-9-26(18)32-28(33)23(16-31)13-20-14-24(29)27(25(30)15-20)34-17-19-10-11-21-7-3-4-8-22(21)12-19/h2-15H,17H2,1H3,(H,32,33)/b23-13-. The Morgan fingerprint density at radius 1 is 1.06 bits per heavy atom. The van der Waals surface area contributed by atoms with E-state index in [1.54, 1.807) is 18.2 Å². The molecule has 0 aliphatic heterocycles. The number of nitrogens with zero attached hydrogens (tertiary/aromatic N) is 1. The number of hydrogen-bond donors (Lipinski definition) is 1. The second-order valence-electron chi connectivity index (χ2n) is 7.72. The first-order valence-electron chi connectivity index (χ1n) is 10.5. The molecule has 0 spiro atoms. The number of carbonyl (C=O) groups is 1. The molecule has 168 valence electrons. The fraction of sp³-hybridized carbons (Fsp3) is 0.0714. The van der Waals surface area contributed by atoms with Crippen molar-refractivity contribution in [3.8, 4) is 11.8 Å². The maximum atomic E-state index is 12.6. The zero-order valence-corrected chi connectivity index (χ0v) is 20.7. The summed E-state index contributed by atoms with van der Waals surface area (Å²) in [6.45, 7) is 2.24. The molecule has 1 amide bonds. The number of hydrogen-bond acceptors (Lipinski definition) is 3. The van der Waals surface area contributed by atoms with E-state index < -0.39 is 5.91 Å². The third-order valence-corrected chi connectivity index (χ3v) is 6.16. The van der Waals surface area contributed by atoms with Crippen LogP contribution in [0, 0.1) is 18.3 Å². The normalized spacial score (nSPS) is 11.2. The Morgan fingerprint density at radius 2 is 1.79 bits per heavy atom. The monoisotopic (exact) mass is 530 g/mol. The number of para-hydroxylation sites is 1. The van der Waals surface area contributed by atoms with E-state index in [1.165, 1.54) is 11.5 Å². The fourth-order valence-corrected chi connectivity index (χ4v) is 4.49. The van der Waals surface area contributed by atoms with Gasteiger partial charge in [-0.15, -0.1) is 0 Å². The number of nitriles is 1. The summed E-state index contributed by atoms with van der Waals surface area (Å²) in [4.78, 5) is 12.6. The van der Waals surface area contributed by atoms with Crippen molar-refractivity contribution in [1.82, 2.24) is 0 Å². The Hall–Kier alpha value is -3.59. The van der Waals surface area contributed by atoms with Crippen LogP contribution in [-0.4, -0.2) is 5.91 Å². The lowest BCUT2D eigenvalue weighted by Crippen LogP contribution is -2.14. The largest absolute Gasteiger partial charge is 0.486 e. The van der Waals surface area contributed by atoms with Crippen LogP contribution >= 0.6 is 27.5 Å². The molecule has 0 bridgehead atoms. The van der Waals surface area contributed by atoms with E-state index in [-0.39, 0.29) is 5.57 Å². The first-order valence-corrected chi connectivity index (χ1v) is 11.7. The van der Waals surface area contributed by atoms with Crippen LogP contribution in [0.25, 0.3) is 16.8 Å². The number of nitrogens with one attached hydrogen (secondary N) is 1. The van der Waals surface area contributed by atoms with Crippen LogP contribution in [0.4, 0.5) is 5.69 Å². The zero-order chi connectivity index (χ0) is 24.1. The topological polar surface area (TPSA) is 62.1 Å². The van der Waals surface area contributed by atoms with E-state index in [1.807, 2.05) is 49.4 Å². The molecule has 0 atom stereocenters. The Labute approximate surface area is 211 Å². The highest BCUT2D eigenvalue weighted by molar-refractivity contribution is 9.10. The summed E-state index contributed by atoms with van der Waals surface area (Å²) >= 11 is 9.99. The molecule has 0 saturated carbocycles. The number of rotatable bonds is 6. The molecule has 0 aromatic heterocycles. The summed E-state index contributed by atoms with van der Waals surface area (Å²) in [5.41, 5.74) is 3.16. The molecular formula is C28H20BrClN2O2. The van der Waals surface area contributed by atoms with Gasteiger partial charge in [-0.25, -0.2) is 0 Å². The van der Waals surface area contributed by atoms with Gasteiger partial charge in [0, 0.05) is 5.69 Å². The molecule has 34 heavy (non-hydrogen) atoms. The third kappa shape index (κ3) is 5.48. The average molecular weight is 532 g/mol. The number of carbonyl (C=O) groups excluding carboxylic acids is 1. The van der Waals surface area contributed by atoms with Gasteiger partial charge < -0.3 is 10.1 Å². The lowest BCUT2D eigenvalue weighted by molar-refractivity contribution is -0.112. The van der Waals surface area contributed by atoms with E-state index in [2.05, 4.69) is 45.5 Å². The van der Waals surface area contributed by atoms with E-state index in [0.29, 0.717) is 33.1 Å². The summed E-state index contributed by atoms with van der Waals surface area (Å²) in [5.74, 6) is 0.00974. The van der Waals surface area contributed by atoms with Gasteiger partial charge in [0.25, 0.3) is 5.91 Å². The SMILES string of the molecule is Cc1ccccc1NC(=O)/C(C#N)=C\c1cc(Cl)c(OCc2ccc3ccccc3c2)c(Br)c1. The van der Waals surface area contributed by atoms with Crippen LogP contribution in [-0.2, 0) is 11.4 Å². The van der Waals surface area contributed by atoms with Crippen molar-refractivity contribution >= 4 is 56.0 Å². The predicted octanol–water partition coefficient (Wildman–Crippen LogP) is 7.69. The fourth-order valence-electron chi connectivity index (χ4n) is 3.50. The second kappa shape index (κ2) is 10.6. The molecular weight excluding hydrogens is 512 g/mol. The van der Waals surface area contributed by atoms with Crippen LogP contribution < -0.4 is 10.1 Å². The highest BCUT2D eigenvalue weighted by Crippen LogP contribution is 2.36. The number of benzene rings is 4. The van der Waals surface area contributed by atoms with Crippen molar-refractivity contribution in [2.45, 2.75) is 13.5 Å². The average Bonchev–Trinajstić information content (AvgIpc) is 2.83. The molecule has 0 aliphatic rings. The molecule has 4 aromatic rings. The van der Waals surface area contributed by atoms with Gasteiger partial charge in [0.2, 0.25) is 0 Å². The van der Waals surface area contributed by atoms with E-state index in [0.717, 1.165) is 16.5 Å². The van der Waals surface area contributed by atoms with E-state index >= 15 is 0 Å². The van der Waals surface area contributed by atoms with Gasteiger partial charge in [0.05, 0.1) is 9.50 Å². The molecule has 4 aromatic carbocycles. The van der Waals surface area contributed by atoms with Gasteiger partial charge in [-0.2, -0.15) is 5.26 Å². The highest BCUT2D eigenvalue weighted by atomic mass is 79.9. The van der Waals surface area contributed by atoms with Gasteiger partial charge in [-0.05, 0) is 80.7 Å². The number of anilines is 1. The number of halogens is 2. The first-order chi connectivity index (χ1) is 16.4. The minimum Gasteiger partial charge on any atom is -0.486 e. The minimum atomic E-state index is -0.485. The van der Waals surface area contributed by atoms with Crippen LogP contribution in [0.15, 0.2) is 88.9 Å². The maximum Gasteiger partial charge on any atom is 0.266 e. The molecule has 0 fully saturated rings. The lowest BCUT2D eigenvalue weighted by atomic mass is 10.1. The first kappa shape index (κ1) is 23.6. The van der Waals surface area contributed by atoms with Crippen LogP contribution in [0.1, 0.15) is 16.7 Å². The van der Waals surface area contributed by atoms with Gasteiger partial charge in [-0.1, -0.05) is 66.2 Å². The molecule has 1 N–H and O–H groups in total. The highest BCUT2D eigenvalue weighted by Gasteiger charge is 2.14. The minimum absolute atomic E-state index is 0.0314.